The molecule has 0 aliphatic rings. The lowest BCUT2D eigenvalue weighted by molar-refractivity contribution is -0.398. The Kier molecular flexibility index (Phi) is 5.67. The number of carbonyl (C=O) groups excluding carboxylic acids is 1. The Hall–Kier alpha value is -3.71. The third-order valence-corrected chi connectivity index (χ3v) is 4.00. The van der Waals surface area contributed by atoms with Crippen LogP contribution in [0.25, 0.3) is 0 Å². The quantitative estimate of drug-likeness (QED) is 0.394. The molecule has 1 N–H and O–H groups in total. The van der Waals surface area contributed by atoms with Crippen LogP contribution in [0.15, 0.2) is 71.7 Å². The molecule has 0 heterocycles. The Morgan fingerprint density at radius 3 is 2.57 bits per heavy atom. The summed E-state index contributed by atoms with van der Waals surface area (Å²) in [6, 6.07) is 17.2. The standard InChI is InChI=1S/C20H14ClN3O4/c21-15-6-1-4-13(10-15)20(26)23-17-8-3-7-16(11-17)22-12-14-5-2-9-18(19(14)25)24(27)28/h1-12,25H,(H,23,26)/p-1. The lowest BCUT2D eigenvalue weighted by Gasteiger charge is -2.09. The van der Waals surface area contributed by atoms with Gasteiger partial charge in [0.2, 0.25) is 0 Å². The summed E-state index contributed by atoms with van der Waals surface area (Å²) < 4.78 is 0. The van der Waals surface area contributed by atoms with Crippen molar-refractivity contribution in [3.05, 3.63) is 93.0 Å². The first-order chi connectivity index (χ1) is 13.4. The number of hydrogen-bond donors (Lipinski definition) is 1. The topological polar surface area (TPSA) is 108 Å². The van der Waals surface area contributed by atoms with Crippen LogP contribution in [0.4, 0.5) is 17.1 Å². The Morgan fingerprint density at radius 2 is 1.82 bits per heavy atom. The van der Waals surface area contributed by atoms with Gasteiger partial charge in [0.15, 0.2) is 0 Å². The van der Waals surface area contributed by atoms with Crippen molar-refractivity contribution < 1.29 is 14.8 Å². The zero-order valence-corrected chi connectivity index (χ0v) is 15.1. The molecular formula is C20H13ClN3O4-. The number of para-hydroxylation sites is 1. The van der Waals surface area contributed by atoms with Crippen LogP contribution in [0.2, 0.25) is 5.02 Å². The Morgan fingerprint density at radius 1 is 1.07 bits per heavy atom. The van der Waals surface area contributed by atoms with Crippen LogP contribution in [0.5, 0.6) is 5.75 Å². The highest BCUT2D eigenvalue weighted by atomic mass is 35.5. The predicted octanol–water partition coefficient (Wildman–Crippen LogP) is 4.32. The van der Waals surface area contributed by atoms with Crippen LogP contribution >= 0.6 is 11.6 Å². The van der Waals surface area contributed by atoms with Crippen molar-refractivity contribution in [3.63, 3.8) is 0 Å². The molecule has 8 heteroatoms. The van der Waals surface area contributed by atoms with Crippen LogP contribution in [0.3, 0.4) is 0 Å². The van der Waals surface area contributed by atoms with Crippen LogP contribution in [-0.4, -0.2) is 17.0 Å². The molecule has 0 aromatic heterocycles. The minimum absolute atomic E-state index is 0.0996. The fraction of sp³-hybridized carbons (Fsp3) is 0. The number of nitrogens with one attached hydrogen (secondary N) is 1. The van der Waals surface area contributed by atoms with Crippen molar-refractivity contribution in [3.8, 4) is 5.75 Å². The van der Waals surface area contributed by atoms with E-state index >= 15 is 0 Å². The fourth-order valence-electron chi connectivity index (χ4n) is 2.43. The number of carbonyl (C=O) groups is 1. The Labute approximate surface area is 165 Å². The number of amides is 1. The summed E-state index contributed by atoms with van der Waals surface area (Å²) in [7, 11) is 0. The van der Waals surface area contributed by atoms with Gasteiger partial charge in [-0.05, 0) is 47.7 Å². The number of nitrogens with zero attached hydrogens (tertiary/aromatic N) is 2. The van der Waals surface area contributed by atoms with Gasteiger partial charge in [-0.1, -0.05) is 35.9 Å². The van der Waals surface area contributed by atoms with Crippen molar-refractivity contribution in [2.45, 2.75) is 0 Å². The van der Waals surface area contributed by atoms with Gasteiger partial charge >= 0.3 is 0 Å². The molecule has 0 unspecified atom stereocenters. The lowest BCUT2D eigenvalue weighted by atomic mass is 10.2. The molecule has 140 valence electrons. The number of anilines is 1. The maximum atomic E-state index is 12.3. The Bertz CT molecular complexity index is 1080. The number of benzene rings is 3. The minimum atomic E-state index is -0.730. The molecule has 7 nitrogen and oxygen atoms in total. The number of nitro benzene ring substituents is 1. The van der Waals surface area contributed by atoms with Gasteiger partial charge in [-0.2, -0.15) is 0 Å². The van der Waals surface area contributed by atoms with Gasteiger partial charge in [-0.25, -0.2) is 0 Å². The van der Waals surface area contributed by atoms with E-state index in [2.05, 4.69) is 10.3 Å². The van der Waals surface area contributed by atoms with E-state index in [0.717, 1.165) is 6.07 Å². The smallest absolute Gasteiger partial charge is 0.262 e. The summed E-state index contributed by atoms with van der Waals surface area (Å²) in [5.74, 6) is -1.04. The van der Waals surface area contributed by atoms with Crippen molar-refractivity contribution in [1.82, 2.24) is 0 Å². The first kappa shape index (κ1) is 19.1. The maximum absolute atomic E-state index is 12.3. The maximum Gasteiger partial charge on any atom is 0.262 e. The molecule has 0 aliphatic carbocycles. The summed E-state index contributed by atoms with van der Waals surface area (Å²) in [5, 5.41) is 26.1. The first-order valence-electron chi connectivity index (χ1n) is 8.09. The Balaban J connectivity index is 1.79. The average Bonchev–Trinajstić information content (AvgIpc) is 2.67. The van der Waals surface area contributed by atoms with E-state index in [1.54, 1.807) is 48.5 Å². The van der Waals surface area contributed by atoms with Crippen LogP contribution < -0.4 is 10.4 Å². The highest BCUT2D eigenvalue weighted by Crippen LogP contribution is 2.26. The van der Waals surface area contributed by atoms with Crippen LogP contribution in [-0.2, 0) is 0 Å². The zero-order chi connectivity index (χ0) is 20.1. The van der Waals surface area contributed by atoms with Crippen molar-refractivity contribution >= 4 is 40.8 Å². The number of rotatable bonds is 5. The van der Waals surface area contributed by atoms with E-state index in [0.29, 0.717) is 22.0 Å². The van der Waals surface area contributed by atoms with E-state index in [9.17, 15) is 20.0 Å². The highest BCUT2D eigenvalue weighted by Gasteiger charge is 2.09. The van der Waals surface area contributed by atoms with Crippen molar-refractivity contribution in [2.75, 3.05) is 5.32 Å². The van der Waals surface area contributed by atoms with Gasteiger partial charge in [-0.15, -0.1) is 0 Å². The van der Waals surface area contributed by atoms with Crippen LogP contribution in [0.1, 0.15) is 15.9 Å². The first-order valence-corrected chi connectivity index (χ1v) is 8.47. The summed E-state index contributed by atoms with van der Waals surface area (Å²) in [6.45, 7) is 0. The van der Waals surface area contributed by atoms with E-state index in [1.165, 1.54) is 18.3 Å². The van der Waals surface area contributed by atoms with E-state index in [4.69, 9.17) is 11.6 Å². The molecular weight excluding hydrogens is 382 g/mol. The molecule has 3 aromatic carbocycles. The molecule has 3 rings (SSSR count). The monoisotopic (exact) mass is 394 g/mol. The zero-order valence-electron chi connectivity index (χ0n) is 14.3. The molecule has 0 atom stereocenters. The van der Waals surface area contributed by atoms with Gasteiger partial charge in [0, 0.05) is 28.6 Å². The summed E-state index contributed by atoms with van der Waals surface area (Å²) in [5.41, 5.74) is 0.971. The van der Waals surface area contributed by atoms with E-state index in [-0.39, 0.29) is 11.5 Å². The summed E-state index contributed by atoms with van der Waals surface area (Å²) in [6.07, 6.45) is 1.26. The number of hydrogen-bond acceptors (Lipinski definition) is 5. The van der Waals surface area contributed by atoms with Crippen molar-refractivity contribution in [2.24, 2.45) is 4.99 Å². The molecule has 1 amide bonds. The van der Waals surface area contributed by atoms with E-state index < -0.39 is 16.4 Å². The summed E-state index contributed by atoms with van der Waals surface area (Å²) >= 11 is 5.89. The molecule has 0 saturated heterocycles. The van der Waals surface area contributed by atoms with Crippen LogP contribution in [0, 0.1) is 10.1 Å². The second kappa shape index (κ2) is 8.32. The third kappa shape index (κ3) is 4.52. The minimum Gasteiger partial charge on any atom is -0.867 e. The van der Waals surface area contributed by atoms with E-state index in [1.807, 2.05) is 0 Å². The lowest BCUT2D eigenvalue weighted by Crippen LogP contribution is -2.11. The fourth-order valence-corrected chi connectivity index (χ4v) is 2.62. The number of halogens is 1. The molecule has 0 bridgehead atoms. The van der Waals surface area contributed by atoms with Gasteiger partial charge in [0.25, 0.3) is 11.6 Å². The molecule has 0 saturated carbocycles. The molecule has 3 aromatic rings. The molecule has 28 heavy (non-hydrogen) atoms. The largest absolute Gasteiger partial charge is 0.867 e. The second-order valence-electron chi connectivity index (χ2n) is 5.73. The number of aliphatic imine (C=N–C) groups is 1. The van der Waals surface area contributed by atoms with Crippen molar-refractivity contribution in [1.29, 1.82) is 0 Å². The third-order valence-electron chi connectivity index (χ3n) is 3.76. The average molecular weight is 395 g/mol. The molecule has 0 fully saturated rings. The number of nitro groups is 1. The highest BCUT2D eigenvalue weighted by molar-refractivity contribution is 6.31. The van der Waals surface area contributed by atoms with Gasteiger partial charge in [0.1, 0.15) is 0 Å². The summed E-state index contributed by atoms with van der Waals surface area (Å²) in [4.78, 5) is 26.6. The predicted molar refractivity (Wildman–Crippen MR) is 106 cm³/mol. The second-order valence-corrected chi connectivity index (χ2v) is 6.16. The molecule has 0 radical (unpaired) electrons. The molecule has 0 spiro atoms. The molecule has 0 aliphatic heterocycles. The van der Waals surface area contributed by atoms with Gasteiger partial charge < -0.3 is 10.4 Å². The van der Waals surface area contributed by atoms with Gasteiger partial charge in [-0.3, -0.25) is 19.9 Å². The normalized spacial score (nSPS) is 10.8. The van der Waals surface area contributed by atoms with Gasteiger partial charge in [0.05, 0.1) is 10.6 Å². The SMILES string of the molecule is O=C(Nc1cccc(N=Cc2cccc([N+](=O)[O-])c2[O-])c1)c1cccc(Cl)c1.